The van der Waals surface area contributed by atoms with Crippen molar-refractivity contribution in [2.24, 2.45) is 0 Å². The van der Waals surface area contributed by atoms with Gasteiger partial charge >= 0.3 is 12.0 Å². The van der Waals surface area contributed by atoms with E-state index in [1.54, 1.807) is 6.92 Å². The number of carbonyl (C=O) groups excluding carboxylic acids is 1. The average molecular weight is 487 g/mol. The van der Waals surface area contributed by atoms with Gasteiger partial charge in [-0.05, 0) is 47.5 Å². The van der Waals surface area contributed by atoms with Crippen LogP contribution in [-0.4, -0.2) is 50.6 Å². The molecule has 4 rings (SSSR count). The van der Waals surface area contributed by atoms with Crippen LogP contribution in [0.2, 0.25) is 0 Å². The summed E-state index contributed by atoms with van der Waals surface area (Å²) in [5.74, 6) is -1.18. The molecule has 2 aliphatic rings. The summed E-state index contributed by atoms with van der Waals surface area (Å²) >= 11 is 0. The van der Waals surface area contributed by atoms with Crippen LogP contribution in [0.4, 0.5) is 32.1 Å². The van der Waals surface area contributed by atoms with Crippen molar-refractivity contribution in [1.29, 1.82) is 5.26 Å². The molecule has 1 fully saturated rings. The number of nitrogens with zero attached hydrogens (tertiary/aromatic N) is 5. The summed E-state index contributed by atoms with van der Waals surface area (Å²) in [6.45, 7) is 10.1. The van der Waals surface area contributed by atoms with Crippen molar-refractivity contribution in [3.63, 3.8) is 0 Å². The highest BCUT2D eigenvalue weighted by atomic mass is 19.3. The van der Waals surface area contributed by atoms with Crippen LogP contribution < -0.4 is 25.6 Å². The summed E-state index contributed by atoms with van der Waals surface area (Å²) in [7, 11) is 0. The second-order valence-corrected chi connectivity index (χ2v) is 10.0. The molecule has 2 aliphatic heterocycles. The topological polar surface area (TPSA) is 128 Å². The van der Waals surface area contributed by atoms with Gasteiger partial charge in [0.15, 0.2) is 11.6 Å². The molecule has 3 N–H and O–H groups in total. The Morgan fingerprint density at radius 2 is 1.91 bits per heavy atom. The Balaban J connectivity index is 1.58. The first-order valence-electron chi connectivity index (χ1n) is 11.3. The first-order chi connectivity index (χ1) is 16.3. The lowest BCUT2D eigenvalue weighted by atomic mass is 9.79. The van der Waals surface area contributed by atoms with Crippen molar-refractivity contribution in [1.82, 2.24) is 20.3 Å². The summed E-state index contributed by atoms with van der Waals surface area (Å²) < 4.78 is 32.6. The number of carbonyl (C=O) groups is 1. The third-order valence-corrected chi connectivity index (χ3v) is 5.83. The number of anilines is 4. The zero-order valence-corrected chi connectivity index (χ0v) is 20.2. The van der Waals surface area contributed by atoms with E-state index in [1.807, 2.05) is 0 Å². The van der Waals surface area contributed by atoms with Gasteiger partial charge in [-0.1, -0.05) is 0 Å². The number of likely N-dealkylation sites (N-methyl/N-ethyl adjacent to an activating group) is 1. The maximum absolute atomic E-state index is 14.0. The summed E-state index contributed by atoms with van der Waals surface area (Å²) in [5.41, 5.74) is 0.355. The molecule has 12 heteroatoms. The minimum absolute atomic E-state index is 0.00761. The Hall–Kier alpha value is -3.59. The number of nitrogens with one attached hydrogen (secondary N) is 3. The smallest absolute Gasteiger partial charge is 0.421 e. The van der Waals surface area contributed by atoms with E-state index in [2.05, 4.69) is 69.4 Å². The number of amides is 1. The second-order valence-electron chi connectivity index (χ2n) is 10.0. The van der Waals surface area contributed by atoms with E-state index in [-0.39, 0.29) is 52.4 Å². The van der Waals surface area contributed by atoms with Crippen molar-refractivity contribution in [2.45, 2.75) is 70.7 Å². The van der Waals surface area contributed by atoms with E-state index in [1.165, 1.54) is 18.5 Å². The van der Waals surface area contributed by atoms with Crippen molar-refractivity contribution in [2.75, 3.05) is 22.1 Å². The molecule has 0 spiro atoms. The molecule has 2 aromatic heterocycles. The predicted octanol–water partition coefficient (Wildman–Crippen LogP) is 3.55. The molecular formula is C23H28F2N8O2. The Morgan fingerprint density at radius 1 is 1.23 bits per heavy atom. The Kier molecular flexibility index (Phi) is 6.00. The number of nitriles is 1. The van der Waals surface area contributed by atoms with Crippen molar-refractivity contribution >= 4 is 29.2 Å². The lowest BCUT2D eigenvalue weighted by Crippen LogP contribution is -2.60. The van der Waals surface area contributed by atoms with Gasteiger partial charge in [0.1, 0.15) is 17.5 Å². The van der Waals surface area contributed by atoms with E-state index in [0.29, 0.717) is 5.82 Å². The zero-order chi connectivity index (χ0) is 25.6. The van der Waals surface area contributed by atoms with E-state index < -0.39 is 12.0 Å². The van der Waals surface area contributed by atoms with Crippen LogP contribution in [0.15, 0.2) is 18.5 Å². The number of ether oxygens (including phenoxy) is 1. The van der Waals surface area contributed by atoms with Gasteiger partial charge in [0.2, 0.25) is 5.95 Å². The third kappa shape index (κ3) is 5.09. The van der Waals surface area contributed by atoms with Crippen LogP contribution in [0.5, 0.6) is 5.75 Å². The zero-order valence-electron chi connectivity index (χ0n) is 20.2. The molecule has 186 valence electrons. The fraction of sp³-hybridized carbons (Fsp3) is 0.522. The lowest BCUT2D eigenvalue weighted by molar-refractivity contribution is -0.192. The quantitative estimate of drug-likeness (QED) is 0.581. The molecule has 10 nitrogen and oxygen atoms in total. The van der Waals surface area contributed by atoms with Crippen LogP contribution in [0.3, 0.4) is 0 Å². The number of halogens is 2. The van der Waals surface area contributed by atoms with Crippen LogP contribution in [0.25, 0.3) is 0 Å². The van der Waals surface area contributed by atoms with Gasteiger partial charge < -0.3 is 20.7 Å². The van der Waals surface area contributed by atoms with Crippen LogP contribution in [-0.2, 0) is 4.79 Å². The summed E-state index contributed by atoms with van der Waals surface area (Å²) in [5, 5.41) is 19.5. The fourth-order valence-corrected chi connectivity index (χ4v) is 4.89. The monoisotopic (exact) mass is 486 g/mol. The van der Waals surface area contributed by atoms with Crippen LogP contribution in [0.1, 0.15) is 53.0 Å². The number of rotatable bonds is 5. The first-order valence-corrected chi connectivity index (χ1v) is 11.3. The number of hydrogen-bond donors (Lipinski definition) is 3. The van der Waals surface area contributed by atoms with Crippen molar-refractivity contribution < 1.29 is 18.3 Å². The number of pyridine rings is 1. The largest absolute Gasteiger partial charge is 0.483 e. The third-order valence-electron chi connectivity index (χ3n) is 5.83. The number of piperidine rings is 1. The molecule has 0 bridgehead atoms. The molecule has 0 unspecified atom stereocenters. The highest BCUT2D eigenvalue weighted by molar-refractivity contribution is 6.00. The van der Waals surface area contributed by atoms with Gasteiger partial charge in [-0.25, -0.2) is 9.97 Å². The van der Waals surface area contributed by atoms with Crippen molar-refractivity contribution in [3.8, 4) is 11.8 Å². The summed E-state index contributed by atoms with van der Waals surface area (Å²) in [4.78, 5) is 25.5. The highest BCUT2D eigenvalue weighted by Crippen LogP contribution is 2.39. The average Bonchev–Trinajstić information content (AvgIpc) is 2.72. The number of alkyl halides is 2. The minimum Gasteiger partial charge on any atom is -0.421 e. The summed E-state index contributed by atoms with van der Waals surface area (Å²) in [6, 6.07) is 3.47. The molecular weight excluding hydrogens is 458 g/mol. The van der Waals surface area contributed by atoms with Gasteiger partial charge in [-0.15, -0.1) is 0 Å². The van der Waals surface area contributed by atoms with E-state index in [0.717, 1.165) is 17.7 Å². The van der Waals surface area contributed by atoms with E-state index >= 15 is 0 Å². The van der Waals surface area contributed by atoms with Gasteiger partial charge in [0.05, 0.1) is 18.1 Å². The molecule has 0 aromatic carbocycles. The molecule has 4 heterocycles. The number of aromatic nitrogens is 3. The number of fused-ring (bicyclic) bond motifs is 1. The van der Waals surface area contributed by atoms with Gasteiger partial charge in [0, 0.05) is 29.7 Å². The Bertz CT molecular complexity index is 1180. The Morgan fingerprint density at radius 3 is 2.54 bits per heavy atom. The van der Waals surface area contributed by atoms with E-state index in [9.17, 15) is 18.8 Å². The normalized spacial score (nSPS) is 20.4. The van der Waals surface area contributed by atoms with Crippen LogP contribution >= 0.6 is 0 Å². The highest BCUT2D eigenvalue weighted by Gasteiger charge is 2.50. The standard InChI is InChI=1S/C23H28F2N8O2/c1-6-33-18-16(35-23(24,25)19(33)34)7-14(12-27-18)30-20-28-11-13(10-26)17(31-20)29-15-8-21(2,3)32-22(4,5)9-15/h7,11-12,15,32H,6,8-9H2,1-5H3,(H2,28,29,30,31). The van der Waals surface area contributed by atoms with Gasteiger partial charge in [-0.3, -0.25) is 9.69 Å². The molecule has 2 aromatic rings. The van der Waals surface area contributed by atoms with Crippen molar-refractivity contribution in [3.05, 3.63) is 24.0 Å². The first kappa shape index (κ1) is 24.5. The Labute approximate surface area is 202 Å². The molecule has 0 saturated carbocycles. The minimum atomic E-state index is -3.98. The van der Waals surface area contributed by atoms with Gasteiger partial charge in [0.25, 0.3) is 0 Å². The molecule has 1 saturated heterocycles. The number of hydrogen-bond acceptors (Lipinski definition) is 9. The molecule has 0 radical (unpaired) electrons. The molecule has 35 heavy (non-hydrogen) atoms. The molecule has 1 amide bonds. The van der Waals surface area contributed by atoms with Crippen LogP contribution in [0, 0.1) is 11.3 Å². The maximum atomic E-state index is 14.0. The SMILES string of the molecule is CCN1C(=O)C(F)(F)Oc2cc(Nc3ncc(C#N)c(NC4CC(C)(C)NC(C)(C)C4)n3)cnc21. The van der Waals surface area contributed by atoms with Gasteiger partial charge in [-0.2, -0.15) is 19.0 Å². The van der Waals surface area contributed by atoms with E-state index in [4.69, 9.17) is 0 Å². The fourth-order valence-electron chi connectivity index (χ4n) is 4.89. The predicted molar refractivity (Wildman–Crippen MR) is 126 cm³/mol. The second kappa shape index (κ2) is 8.57. The maximum Gasteiger partial charge on any atom is 0.483 e. The lowest BCUT2D eigenvalue weighted by Gasteiger charge is -2.46. The summed E-state index contributed by atoms with van der Waals surface area (Å²) in [6.07, 6.45) is 0.418. The molecule has 0 atom stereocenters. The molecule has 0 aliphatic carbocycles.